The first-order valence-electron chi connectivity index (χ1n) is 4.73. The molecule has 0 unspecified atom stereocenters. The normalized spacial score (nSPS) is 10.3. The Hall–Kier alpha value is -1.69. The maximum atomic E-state index is 11.1. The van der Waals surface area contributed by atoms with Crippen molar-refractivity contribution in [1.82, 2.24) is 5.43 Å². The number of carbonyl (C=O) groups excluding carboxylic acids is 2. The minimum Gasteiger partial charge on any atom is -0.466 e. The van der Waals surface area contributed by atoms with E-state index in [1.165, 1.54) is 17.6 Å². The Morgan fingerprint density at radius 1 is 1.62 bits per heavy atom. The van der Waals surface area contributed by atoms with Crippen molar-refractivity contribution in [2.24, 2.45) is 5.10 Å². The average Bonchev–Trinajstić information content (AvgIpc) is 2.70. The van der Waals surface area contributed by atoms with Crippen molar-refractivity contribution in [3.63, 3.8) is 0 Å². The fourth-order valence-electron chi connectivity index (χ4n) is 0.915. The van der Waals surface area contributed by atoms with Crippen molar-refractivity contribution in [2.75, 3.05) is 6.61 Å². The minimum atomic E-state index is -0.550. The average molecular weight is 240 g/mol. The molecule has 0 bridgehead atoms. The molecule has 0 radical (unpaired) electrons. The van der Waals surface area contributed by atoms with Crippen molar-refractivity contribution < 1.29 is 14.3 Å². The maximum absolute atomic E-state index is 11.1. The van der Waals surface area contributed by atoms with Crippen molar-refractivity contribution >= 4 is 29.4 Å². The van der Waals surface area contributed by atoms with E-state index < -0.39 is 11.9 Å². The monoisotopic (exact) mass is 240 g/mol. The van der Waals surface area contributed by atoms with Crippen LogP contribution in [0.4, 0.5) is 0 Å². The molecule has 1 rings (SSSR count). The molecule has 0 atom stereocenters. The molecule has 0 aromatic carbocycles. The van der Waals surface area contributed by atoms with Gasteiger partial charge in [-0.1, -0.05) is 6.07 Å². The summed E-state index contributed by atoms with van der Waals surface area (Å²) in [7, 11) is 0. The third kappa shape index (κ3) is 4.70. The quantitative estimate of drug-likeness (QED) is 0.363. The van der Waals surface area contributed by atoms with E-state index in [0.717, 1.165) is 4.88 Å². The number of ether oxygens (including phenoxy) is 1. The van der Waals surface area contributed by atoms with Crippen molar-refractivity contribution in [3.8, 4) is 0 Å². The highest BCUT2D eigenvalue weighted by molar-refractivity contribution is 7.11. The summed E-state index contributed by atoms with van der Waals surface area (Å²) >= 11 is 1.50. The molecular weight excluding hydrogens is 228 g/mol. The smallest absolute Gasteiger partial charge is 0.315 e. The molecule has 1 aromatic heterocycles. The van der Waals surface area contributed by atoms with E-state index in [-0.39, 0.29) is 13.0 Å². The first-order chi connectivity index (χ1) is 7.72. The van der Waals surface area contributed by atoms with E-state index in [1.54, 1.807) is 6.92 Å². The van der Waals surface area contributed by atoms with Crippen LogP contribution in [0.15, 0.2) is 22.6 Å². The Morgan fingerprint density at radius 2 is 2.44 bits per heavy atom. The van der Waals surface area contributed by atoms with E-state index in [9.17, 15) is 9.59 Å². The summed E-state index contributed by atoms with van der Waals surface area (Å²) in [5.41, 5.74) is 2.25. The Bertz CT molecular complexity index is 373. The highest BCUT2D eigenvalue weighted by Gasteiger charge is 2.08. The molecule has 86 valence electrons. The number of thiophene rings is 1. The van der Waals surface area contributed by atoms with E-state index in [1.807, 2.05) is 17.5 Å². The van der Waals surface area contributed by atoms with E-state index in [2.05, 4.69) is 15.3 Å². The number of nitrogens with one attached hydrogen (secondary N) is 1. The summed E-state index contributed by atoms with van der Waals surface area (Å²) in [6, 6.07) is 3.75. The summed E-state index contributed by atoms with van der Waals surface area (Å²) in [5.74, 6) is -1.03. The predicted octanol–water partition coefficient (Wildman–Crippen LogP) is 1.15. The van der Waals surface area contributed by atoms with Crippen LogP contribution in [0.2, 0.25) is 0 Å². The molecule has 1 amide bonds. The number of nitrogens with zero attached hydrogens (tertiary/aromatic N) is 1. The fourth-order valence-corrected chi connectivity index (χ4v) is 1.50. The first kappa shape index (κ1) is 12.4. The lowest BCUT2D eigenvalue weighted by Gasteiger charge is -1.99. The van der Waals surface area contributed by atoms with Crippen LogP contribution in [-0.2, 0) is 14.3 Å². The second kappa shape index (κ2) is 6.73. The van der Waals surface area contributed by atoms with Gasteiger partial charge in [0.05, 0.1) is 12.8 Å². The fraction of sp³-hybridized carbons (Fsp3) is 0.300. The molecular formula is C10H12N2O3S. The Balaban J connectivity index is 2.27. The molecule has 0 aliphatic rings. The van der Waals surface area contributed by atoms with Gasteiger partial charge in [-0.05, 0) is 18.4 Å². The number of amides is 1. The zero-order valence-electron chi connectivity index (χ0n) is 8.80. The molecule has 0 saturated heterocycles. The summed E-state index contributed by atoms with van der Waals surface area (Å²) in [6.45, 7) is 1.95. The lowest BCUT2D eigenvalue weighted by molar-refractivity contribution is -0.145. The molecule has 1 N–H and O–H groups in total. The molecule has 1 aromatic rings. The van der Waals surface area contributed by atoms with Crippen molar-refractivity contribution in [2.45, 2.75) is 13.3 Å². The SMILES string of the molecule is CCOC(=O)CC(=O)N/N=C/c1cccs1. The zero-order valence-corrected chi connectivity index (χ0v) is 9.62. The third-order valence-corrected chi connectivity index (χ3v) is 2.34. The number of hydrazone groups is 1. The summed E-state index contributed by atoms with van der Waals surface area (Å²) in [4.78, 5) is 23.0. The van der Waals surface area contributed by atoms with Crippen molar-refractivity contribution in [3.05, 3.63) is 22.4 Å². The number of esters is 1. The van der Waals surface area contributed by atoms with Crippen LogP contribution in [-0.4, -0.2) is 24.7 Å². The lowest BCUT2D eigenvalue weighted by atomic mass is 10.4. The number of rotatable bonds is 5. The first-order valence-corrected chi connectivity index (χ1v) is 5.61. The van der Waals surface area contributed by atoms with Gasteiger partial charge in [-0.3, -0.25) is 9.59 Å². The van der Waals surface area contributed by atoms with Crippen LogP contribution in [0.3, 0.4) is 0 Å². The van der Waals surface area contributed by atoms with E-state index in [4.69, 9.17) is 0 Å². The highest BCUT2D eigenvalue weighted by atomic mass is 32.1. The highest BCUT2D eigenvalue weighted by Crippen LogP contribution is 2.03. The van der Waals surface area contributed by atoms with Gasteiger partial charge in [0.2, 0.25) is 0 Å². The molecule has 0 spiro atoms. The van der Waals surface area contributed by atoms with Gasteiger partial charge in [0.1, 0.15) is 6.42 Å². The Labute approximate surface area is 97.1 Å². The van der Waals surface area contributed by atoms with Gasteiger partial charge in [0, 0.05) is 4.88 Å². The maximum Gasteiger partial charge on any atom is 0.315 e. The molecule has 16 heavy (non-hydrogen) atoms. The van der Waals surface area contributed by atoms with E-state index >= 15 is 0 Å². The van der Waals surface area contributed by atoms with Crippen molar-refractivity contribution in [1.29, 1.82) is 0 Å². The van der Waals surface area contributed by atoms with Crippen LogP contribution < -0.4 is 5.43 Å². The van der Waals surface area contributed by atoms with Crippen LogP contribution >= 0.6 is 11.3 Å². The van der Waals surface area contributed by atoms with E-state index in [0.29, 0.717) is 0 Å². The molecule has 5 nitrogen and oxygen atoms in total. The van der Waals surface area contributed by atoms with Gasteiger partial charge in [-0.2, -0.15) is 5.10 Å². The van der Waals surface area contributed by atoms with Gasteiger partial charge < -0.3 is 4.74 Å². The third-order valence-electron chi connectivity index (χ3n) is 1.53. The molecule has 0 aliphatic heterocycles. The summed E-state index contributed by atoms with van der Waals surface area (Å²) < 4.78 is 4.62. The second-order valence-corrected chi connectivity index (χ2v) is 3.77. The number of carbonyl (C=O) groups is 2. The molecule has 0 aliphatic carbocycles. The van der Waals surface area contributed by atoms with Gasteiger partial charge in [0.25, 0.3) is 5.91 Å². The summed E-state index contributed by atoms with van der Waals surface area (Å²) in [5, 5.41) is 5.61. The summed E-state index contributed by atoms with van der Waals surface area (Å²) in [6.07, 6.45) is 1.21. The van der Waals surface area contributed by atoms with Gasteiger partial charge in [0.15, 0.2) is 0 Å². The van der Waals surface area contributed by atoms with Gasteiger partial charge in [-0.25, -0.2) is 5.43 Å². The molecule has 0 saturated carbocycles. The van der Waals surface area contributed by atoms with Crippen LogP contribution in [0.5, 0.6) is 0 Å². The standard InChI is InChI=1S/C10H12N2O3S/c1-2-15-10(14)6-9(13)12-11-7-8-4-3-5-16-8/h3-5,7H,2,6H2,1H3,(H,12,13)/b11-7+. The lowest BCUT2D eigenvalue weighted by Crippen LogP contribution is -2.22. The predicted molar refractivity (Wildman–Crippen MR) is 61.3 cm³/mol. The Morgan fingerprint density at radius 3 is 3.06 bits per heavy atom. The topological polar surface area (TPSA) is 67.8 Å². The van der Waals surface area contributed by atoms with Gasteiger partial charge in [-0.15, -0.1) is 11.3 Å². The molecule has 1 heterocycles. The number of hydrogen-bond donors (Lipinski definition) is 1. The number of hydrogen-bond acceptors (Lipinski definition) is 5. The van der Waals surface area contributed by atoms with Crippen LogP contribution in [0.25, 0.3) is 0 Å². The van der Waals surface area contributed by atoms with Crippen LogP contribution in [0, 0.1) is 0 Å². The zero-order chi connectivity index (χ0) is 11.8. The largest absolute Gasteiger partial charge is 0.466 e. The second-order valence-electron chi connectivity index (χ2n) is 2.79. The van der Waals surface area contributed by atoms with Gasteiger partial charge >= 0.3 is 5.97 Å². The van der Waals surface area contributed by atoms with Crippen LogP contribution in [0.1, 0.15) is 18.2 Å². The minimum absolute atomic E-state index is 0.268. The molecule has 0 fully saturated rings. The molecule has 6 heteroatoms. The Kier molecular flexibility index (Phi) is 5.21.